The Morgan fingerprint density at radius 3 is 2.62 bits per heavy atom. The molecule has 16 heavy (non-hydrogen) atoms. The van der Waals surface area contributed by atoms with Gasteiger partial charge in [0.25, 0.3) is 0 Å². The minimum Gasteiger partial charge on any atom is -0.480 e. The summed E-state index contributed by atoms with van der Waals surface area (Å²) >= 11 is 0. The van der Waals surface area contributed by atoms with E-state index in [1.54, 1.807) is 0 Å². The fraction of sp³-hybridized carbons (Fsp3) is 0.818. The lowest BCUT2D eigenvalue weighted by atomic mass is 9.78. The molecule has 2 amide bonds. The summed E-state index contributed by atoms with van der Waals surface area (Å²) < 4.78 is 0. The van der Waals surface area contributed by atoms with E-state index in [9.17, 15) is 9.59 Å². The number of urea groups is 1. The van der Waals surface area contributed by atoms with Crippen LogP contribution in [0.5, 0.6) is 0 Å². The summed E-state index contributed by atoms with van der Waals surface area (Å²) in [5, 5.41) is 13.6. The molecule has 5 nitrogen and oxygen atoms in total. The van der Waals surface area contributed by atoms with Crippen LogP contribution in [0.3, 0.4) is 0 Å². The van der Waals surface area contributed by atoms with E-state index in [1.165, 1.54) is 6.42 Å². The van der Waals surface area contributed by atoms with Crippen LogP contribution in [-0.4, -0.2) is 29.7 Å². The number of rotatable bonds is 3. The fourth-order valence-corrected chi connectivity index (χ4v) is 2.16. The van der Waals surface area contributed by atoms with Gasteiger partial charge in [-0.3, -0.25) is 4.79 Å². The summed E-state index contributed by atoms with van der Waals surface area (Å²) in [6, 6.07) is -0.217. The number of carboxylic acids is 1. The van der Waals surface area contributed by atoms with Gasteiger partial charge in [0.1, 0.15) is 6.54 Å². The van der Waals surface area contributed by atoms with Crippen LogP contribution < -0.4 is 10.6 Å². The van der Waals surface area contributed by atoms with Crippen molar-refractivity contribution in [2.24, 2.45) is 11.8 Å². The molecule has 0 heterocycles. The Morgan fingerprint density at radius 1 is 1.31 bits per heavy atom. The number of hydrogen-bond donors (Lipinski definition) is 3. The van der Waals surface area contributed by atoms with Crippen molar-refractivity contribution < 1.29 is 14.7 Å². The van der Waals surface area contributed by atoms with Gasteiger partial charge in [-0.15, -0.1) is 0 Å². The van der Waals surface area contributed by atoms with E-state index < -0.39 is 5.97 Å². The maximum Gasteiger partial charge on any atom is 0.323 e. The average molecular weight is 228 g/mol. The molecule has 5 heteroatoms. The number of carboxylic acid groups (broad SMARTS) is 1. The van der Waals surface area contributed by atoms with Gasteiger partial charge in [0, 0.05) is 6.04 Å². The highest BCUT2D eigenvalue weighted by molar-refractivity contribution is 5.79. The van der Waals surface area contributed by atoms with E-state index in [0.717, 1.165) is 12.8 Å². The van der Waals surface area contributed by atoms with Crippen molar-refractivity contribution in [2.45, 2.75) is 39.2 Å². The first-order chi connectivity index (χ1) is 7.50. The van der Waals surface area contributed by atoms with Crippen LogP contribution in [0.25, 0.3) is 0 Å². The zero-order chi connectivity index (χ0) is 12.1. The molecule has 1 fully saturated rings. The molecule has 92 valence electrons. The smallest absolute Gasteiger partial charge is 0.323 e. The van der Waals surface area contributed by atoms with Crippen LogP contribution in [0.4, 0.5) is 4.79 Å². The third-order valence-electron chi connectivity index (χ3n) is 3.42. The van der Waals surface area contributed by atoms with Crippen LogP contribution >= 0.6 is 0 Å². The van der Waals surface area contributed by atoms with Crippen molar-refractivity contribution in [3.05, 3.63) is 0 Å². The van der Waals surface area contributed by atoms with Crippen molar-refractivity contribution in [2.75, 3.05) is 6.54 Å². The van der Waals surface area contributed by atoms with Crippen LogP contribution in [0, 0.1) is 11.8 Å². The molecule has 1 aliphatic carbocycles. The highest BCUT2D eigenvalue weighted by Crippen LogP contribution is 2.29. The molecule has 0 spiro atoms. The van der Waals surface area contributed by atoms with Gasteiger partial charge in [-0.05, 0) is 18.3 Å². The second-order valence-corrected chi connectivity index (χ2v) is 4.59. The van der Waals surface area contributed by atoms with Crippen LogP contribution in [0.15, 0.2) is 0 Å². The third-order valence-corrected chi connectivity index (χ3v) is 3.42. The predicted octanol–water partition coefficient (Wildman–Crippen LogP) is 1.19. The lowest BCUT2D eigenvalue weighted by Gasteiger charge is -2.34. The first-order valence-corrected chi connectivity index (χ1v) is 5.77. The molecule has 0 aromatic carbocycles. The first kappa shape index (κ1) is 12.8. The second kappa shape index (κ2) is 5.72. The van der Waals surface area contributed by atoms with Gasteiger partial charge < -0.3 is 15.7 Å². The normalized spacial score (nSPS) is 29.5. The van der Waals surface area contributed by atoms with Crippen LogP contribution in [0.2, 0.25) is 0 Å². The molecule has 0 aromatic heterocycles. The summed E-state index contributed by atoms with van der Waals surface area (Å²) in [5.41, 5.74) is 0. The van der Waals surface area contributed by atoms with Crippen molar-refractivity contribution >= 4 is 12.0 Å². The third kappa shape index (κ3) is 3.72. The van der Waals surface area contributed by atoms with Crippen molar-refractivity contribution in [1.82, 2.24) is 10.6 Å². The minimum absolute atomic E-state index is 0.164. The van der Waals surface area contributed by atoms with Gasteiger partial charge in [0.15, 0.2) is 0 Å². The Morgan fingerprint density at radius 2 is 2.00 bits per heavy atom. The number of carbonyl (C=O) groups excluding carboxylic acids is 1. The number of nitrogens with one attached hydrogen (secondary N) is 2. The molecule has 1 saturated carbocycles. The van der Waals surface area contributed by atoms with Crippen molar-refractivity contribution in [3.8, 4) is 0 Å². The molecule has 0 aliphatic heterocycles. The van der Waals surface area contributed by atoms with E-state index in [0.29, 0.717) is 11.8 Å². The summed E-state index contributed by atoms with van der Waals surface area (Å²) in [6.07, 6.45) is 3.30. The van der Waals surface area contributed by atoms with E-state index in [2.05, 4.69) is 24.5 Å². The monoisotopic (exact) mass is 228 g/mol. The Hall–Kier alpha value is -1.26. The summed E-state index contributed by atoms with van der Waals surface area (Å²) in [5.74, 6) is 0.0306. The molecule has 0 radical (unpaired) electrons. The average Bonchev–Trinajstić information content (AvgIpc) is 2.22. The predicted molar refractivity (Wildman–Crippen MR) is 60.1 cm³/mol. The van der Waals surface area contributed by atoms with Crippen LogP contribution in [0.1, 0.15) is 33.1 Å². The molecule has 3 N–H and O–H groups in total. The zero-order valence-corrected chi connectivity index (χ0v) is 9.82. The lowest BCUT2D eigenvalue weighted by Crippen LogP contribution is -2.48. The van der Waals surface area contributed by atoms with Gasteiger partial charge in [-0.25, -0.2) is 4.79 Å². The fourth-order valence-electron chi connectivity index (χ4n) is 2.16. The molecule has 0 aromatic rings. The number of aliphatic carboxylic acids is 1. The van der Waals surface area contributed by atoms with Gasteiger partial charge in [-0.1, -0.05) is 26.7 Å². The maximum absolute atomic E-state index is 11.4. The van der Waals surface area contributed by atoms with Crippen LogP contribution in [-0.2, 0) is 4.79 Å². The summed E-state index contributed by atoms with van der Waals surface area (Å²) in [6.45, 7) is 3.99. The van der Waals surface area contributed by atoms with Crippen molar-refractivity contribution in [3.63, 3.8) is 0 Å². The molecule has 1 aliphatic rings. The van der Waals surface area contributed by atoms with Crippen molar-refractivity contribution in [1.29, 1.82) is 0 Å². The van der Waals surface area contributed by atoms with E-state index in [-0.39, 0.29) is 18.6 Å². The Labute approximate surface area is 95.6 Å². The lowest BCUT2D eigenvalue weighted by molar-refractivity contribution is -0.135. The van der Waals surface area contributed by atoms with Gasteiger partial charge in [-0.2, -0.15) is 0 Å². The second-order valence-electron chi connectivity index (χ2n) is 4.59. The molecule has 0 bridgehead atoms. The highest BCUT2D eigenvalue weighted by Gasteiger charge is 2.27. The largest absolute Gasteiger partial charge is 0.480 e. The molecule has 3 unspecified atom stereocenters. The molecular formula is C11H20N2O3. The number of hydrogen-bond acceptors (Lipinski definition) is 2. The Kier molecular flexibility index (Phi) is 4.58. The SMILES string of the molecule is CC1CCCC(NC(=O)NCC(=O)O)C1C. The maximum atomic E-state index is 11.4. The molecular weight excluding hydrogens is 208 g/mol. The zero-order valence-electron chi connectivity index (χ0n) is 9.82. The van der Waals surface area contributed by atoms with Gasteiger partial charge in [0.2, 0.25) is 0 Å². The molecule has 3 atom stereocenters. The van der Waals surface area contributed by atoms with Gasteiger partial charge >= 0.3 is 12.0 Å². The van der Waals surface area contributed by atoms with E-state index >= 15 is 0 Å². The minimum atomic E-state index is -1.03. The summed E-state index contributed by atoms with van der Waals surface area (Å²) in [7, 11) is 0. The quantitative estimate of drug-likeness (QED) is 0.679. The topological polar surface area (TPSA) is 78.4 Å². The Balaban J connectivity index is 2.35. The van der Waals surface area contributed by atoms with E-state index in [4.69, 9.17) is 5.11 Å². The molecule has 1 rings (SSSR count). The first-order valence-electron chi connectivity index (χ1n) is 5.77. The van der Waals surface area contributed by atoms with Gasteiger partial charge in [0.05, 0.1) is 0 Å². The standard InChI is InChI=1S/C11H20N2O3/c1-7-4-3-5-9(8(7)2)13-11(16)12-6-10(14)15/h7-9H,3-6H2,1-2H3,(H,14,15)(H2,12,13,16). The van der Waals surface area contributed by atoms with E-state index in [1.807, 2.05) is 0 Å². The Bertz CT molecular complexity index is 268. The molecule has 0 saturated heterocycles. The number of amides is 2. The highest BCUT2D eigenvalue weighted by atomic mass is 16.4. The number of carbonyl (C=O) groups is 2. The summed E-state index contributed by atoms with van der Waals surface area (Å²) in [4.78, 5) is 21.7.